The molecule has 0 saturated carbocycles. The van der Waals surface area contributed by atoms with Crippen molar-refractivity contribution in [3.05, 3.63) is 84.2 Å². The van der Waals surface area contributed by atoms with E-state index in [1.807, 2.05) is 0 Å². The molecule has 0 aliphatic rings. The molecule has 31 heavy (non-hydrogen) atoms. The van der Waals surface area contributed by atoms with Gasteiger partial charge in [0.25, 0.3) is 5.91 Å². The third kappa shape index (κ3) is 4.10. The number of methoxy groups -OCH3 is 1. The summed E-state index contributed by atoms with van der Waals surface area (Å²) in [4.78, 5) is 20.4. The number of aromatic nitrogens is 3. The van der Waals surface area contributed by atoms with Crippen LogP contribution >= 0.6 is 0 Å². The highest BCUT2D eigenvalue weighted by Gasteiger charge is 2.22. The summed E-state index contributed by atoms with van der Waals surface area (Å²) in [6, 6.07) is 9.31. The fourth-order valence-corrected chi connectivity index (χ4v) is 4.40. The van der Waals surface area contributed by atoms with E-state index < -0.39 is 15.7 Å². The van der Waals surface area contributed by atoms with Gasteiger partial charge in [0.15, 0.2) is 0 Å². The van der Waals surface area contributed by atoms with Crippen LogP contribution < -0.4 is 10.1 Å². The Bertz CT molecular complexity index is 1370. The van der Waals surface area contributed by atoms with Gasteiger partial charge in [0.1, 0.15) is 16.5 Å². The van der Waals surface area contributed by atoms with Crippen LogP contribution in [0.5, 0.6) is 5.75 Å². The average molecular weight is 440 g/mol. The summed E-state index contributed by atoms with van der Waals surface area (Å²) < 4.78 is 45.8. The second kappa shape index (κ2) is 8.15. The van der Waals surface area contributed by atoms with E-state index in [9.17, 15) is 17.6 Å². The highest BCUT2D eigenvalue weighted by atomic mass is 32.2. The Balaban J connectivity index is 1.48. The molecule has 0 spiro atoms. The number of fused-ring (bicyclic) bond motifs is 1. The number of nitrogens with zero attached hydrogens (tertiary/aromatic N) is 3. The number of imidazole rings is 1. The predicted octanol–water partition coefficient (Wildman–Crippen LogP) is 2.64. The predicted molar refractivity (Wildman–Crippen MR) is 109 cm³/mol. The second-order valence-electron chi connectivity index (χ2n) is 6.60. The van der Waals surface area contributed by atoms with Crippen LogP contribution in [0.3, 0.4) is 0 Å². The van der Waals surface area contributed by atoms with E-state index >= 15 is 0 Å². The largest absolute Gasteiger partial charge is 0.495 e. The summed E-state index contributed by atoms with van der Waals surface area (Å²) in [7, 11) is -2.62. The van der Waals surface area contributed by atoms with Crippen molar-refractivity contribution >= 4 is 21.5 Å². The van der Waals surface area contributed by atoms with Crippen LogP contribution in [0.2, 0.25) is 0 Å². The molecule has 1 amide bonds. The molecular weight excluding hydrogens is 423 g/mol. The van der Waals surface area contributed by atoms with Crippen LogP contribution in [0.15, 0.2) is 77.0 Å². The van der Waals surface area contributed by atoms with Gasteiger partial charge in [-0.05, 0) is 29.8 Å². The maximum Gasteiger partial charge on any atom is 0.254 e. The Morgan fingerprint density at radius 1 is 1.16 bits per heavy atom. The highest BCUT2D eigenvalue weighted by molar-refractivity contribution is 7.91. The van der Waals surface area contributed by atoms with Crippen LogP contribution in [0.25, 0.3) is 5.78 Å². The first-order chi connectivity index (χ1) is 14.9. The number of benzene rings is 2. The summed E-state index contributed by atoms with van der Waals surface area (Å²) in [6.45, 7) is 0.195. The number of halogens is 1. The first kappa shape index (κ1) is 20.5. The second-order valence-corrected chi connectivity index (χ2v) is 8.52. The summed E-state index contributed by atoms with van der Waals surface area (Å²) in [5.74, 6) is -0.494. The minimum atomic E-state index is -3.90. The third-order valence-electron chi connectivity index (χ3n) is 4.61. The monoisotopic (exact) mass is 440 g/mol. The van der Waals surface area contributed by atoms with Crippen LogP contribution in [-0.4, -0.2) is 35.8 Å². The smallest absolute Gasteiger partial charge is 0.254 e. The summed E-state index contributed by atoms with van der Waals surface area (Å²) in [5.41, 5.74) is 1.07. The molecule has 0 saturated heterocycles. The highest BCUT2D eigenvalue weighted by Crippen LogP contribution is 2.30. The normalized spacial score (nSPS) is 11.4. The lowest BCUT2D eigenvalue weighted by Crippen LogP contribution is -2.23. The Hall–Kier alpha value is -3.79. The van der Waals surface area contributed by atoms with Gasteiger partial charge in [0.2, 0.25) is 15.6 Å². The summed E-state index contributed by atoms with van der Waals surface area (Å²) >= 11 is 0. The van der Waals surface area contributed by atoms with Crippen molar-refractivity contribution in [3.63, 3.8) is 0 Å². The van der Waals surface area contributed by atoms with Gasteiger partial charge in [-0.15, -0.1) is 0 Å². The first-order valence-corrected chi connectivity index (χ1v) is 10.6. The van der Waals surface area contributed by atoms with Crippen LogP contribution in [0.4, 0.5) is 4.39 Å². The van der Waals surface area contributed by atoms with E-state index in [0.29, 0.717) is 16.9 Å². The number of carbonyl (C=O) groups excluding carboxylic acids is 1. The minimum Gasteiger partial charge on any atom is -0.495 e. The maximum absolute atomic E-state index is 13.4. The van der Waals surface area contributed by atoms with Gasteiger partial charge in [-0.1, -0.05) is 12.1 Å². The zero-order valence-corrected chi connectivity index (χ0v) is 17.1. The molecular formula is C21H17FN4O4S. The van der Waals surface area contributed by atoms with E-state index in [0.717, 1.165) is 12.1 Å². The molecule has 0 radical (unpaired) electrons. The Labute approximate surface area is 177 Å². The lowest BCUT2D eigenvalue weighted by Gasteiger charge is -2.11. The molecule has 0 atom stereocenters. The zero-order chi connectivity index (χ0) is 22.0. The van der Waals surface area contributed by atoms with Crippen molar-refractivity contribution in [1.29, 1.82) is 0 Å². The molecule has 0 aliphatic carbocycles. The molecule has 4 rings (SSSR count). The zero-order valence-electron chi connectivity index (χ0n) is 16.3. The molecule has 0 unspecified atom stereocenters. The van der Waals surface area contributed by atoms with Crippen molar-refractivity contribution in [2.45, 2.75) is 16.3 Å². The molecule has 0 fully saturated rings. The van der Waals surface area contributed by atoms with Crippen molar-refractivity contribution in [2.24, 2.45) is 0 Å². The topological polar surface area (TPSA) is 103 Å². The number of hydrogen-bond acceptors (Lipinski definition) is 6. The Morgan fingerprint density at radius 2 is 1.94 bits per heavy atom. The average Bonchev–Trinajstić information content (AvgIpc) is 3.25. The molecule has 2 aromatic carbocycles. The van der Waals surface area contributed by atoms with Crippen LogP contribution in [-0.2, 0) is 16.4 Å². The lowest BCUT2D eigenvalue weighted by molar-refractivity contribution is 0.0950. The maximum atomic E-state index is 13.4. The molecule has 158 valence electrons. The molecule has 0 aliphatic heterocycles. The van der Waals surface area contributed by atoms with E-state index in [1.165, 1.54) is 31.5 Å². The Morgan fingerprint density at radius 3 is 2.68 bits per heavy atom. The fourth-order valence-electron chi connectivity index (χ4n) is 2.99. The van der Waals surface area contributed by atoms with Crippen LogP contribution in [0, 0.1) is 5.82 Å². The number of hydrogen-bond donors (Lipinski definition) is 1. The summed E-state index contributed by atoms with van der Waals surface area (Å²) in [5, 5.41) is 2.76. The molecule has 8 nitrogen and oxygen atoms in total. The van der Waals surface area contributed by atoms with E-state index in [-0.39, 0.29) is 28.0 Å². The van der Waals surface area contributed by atoms with E-state index in [2.05, 4.69) is 15.3 Å². The number of rotatable bonds is 6. The Kier molecular flexibility index (Phi) is 5.38. The van der Waals surface area contributed by atoms with Crippen molar-refractivity contribution in [1.82, 2.24) is 19.7 Å². The number of sulfone groups is 1. The standard InChI is InChI=1S/C21H17FN4O4S/c1-30-18-10-16(22)4-7-19(18)31(28,29)17-5-2-14(3-6-17)11-24-20(27)15-12-25-21-23-8-9-26(21)13-15/h2-10,12-13H,11H2,1H3,(H,24,27). The minimum absolute atomic E-state index is 0.0299. The first-order valence-electron chi connectivity index (χ1n) is 9.13. The quantitative estimate of drug-likeness (QED) is 0.463. The van der Waals surface area contributed by atoms with Gasteiger partial charge < -0.3 is 10.1 Å². The van der Waals surface area contributed by atoms with Gasteiger partial charge in [-0.3, -0.25) is 9.20 Å². The van der Waals surface area contributed by atoms with Crippen LogP contribution in [0.1, 0.15) is 15.9 Å². The van der Waals surface area contributed by atoms with Crippen molar-refractivity contribution < 1.29 is 22.3 Å². The van der Waals surface area contributed by atoms with Gasteiger partial charge >= 0.3 is 0 Å². The molecule has 10 heteroatoms. The van der Waals surface area contributed by atoms with E-state index in [1.54, 1.807) is 35.1 Å². The SMILES string of the molecule is COc1cc(F)ccc1S(=O)(=O)c1ccc(CNC(=O)c2cnc3nccn3c2)cc1. The summed E-state index contributed by atoms with van der Waals surface area (Å²) in [6.07, 6.45) is 6.33. The molecule has 2 heterocycles. The molecule has 4 aromatic rings. The lowest BCUT2D eigenvalue weighted by atomic mass is 10.2. The molecule has 2 aromatic heterocycles. The molecule has 0 bridgehead atoms. The third-order valence-corrected chi connectivity index (χ3v) is 6.42. The van der Waals surface area contributed by atoms with Gasteiger partial charge in [-0.25, -0.2) is 22.8 Å². The van der Waals surface area contributed by atoms with Gasteiger partial charge in [0, 0.05) is 37.4 Å². The fraction of sp³-hybridized carbons (Fsp3) is 0.0952. The molecule has 1 N–H and O–H groups in total. The number of nitrogens with one attached hydrogen (secondary N) is 1. The number of ether oxygens (including phenoxy) is 1. The number of amides is 1. The van der Waals surface area contributed by atoms with Crippen molar-refractivity contribution in [2.75, 3.05) is 7.11 Å². The number of carbonyl (C=O) groups is 1. The van der Waals surface area contributed by atoms with Gasteiger partial charge in [0.05, 0.1) is 17.6 Å². The van der Waals surface area contributed by atoms with Gasteiger partial charge in [-0.2, -0.15) is 0 Å². The van der Waals surface area contributed by atoms with Crippen molar-refractivity contribution in [3.8, 4) is 5.75 Å². The van der Waals surface area contributed by atoms with E-state index in [4.69, 9.17) is 4.74 Å².